The second-order valence-electron chi connectivity index (χ2n) is 3.76. The maximum absolute atomic E-state index is 5.55. The summed E-state index contributed by atoms with van der Waals surface area (Å²) in [5.41, 5.74) is 7.35. The van der Waals surface area contributed by atoms with Crippen molar-refractivity contribution < 1.29 is 0 Å². The summed E-state index contributed by atoms with van der Waals surface area (Å²) < 4.78 is 1.93. The fraction of sp³-hybridized carbons (Fsp3) is 0.273. The predicted molar refractivity (Wildman–Crippen MR) is 68.1 cm³/mol. The molecule has 2 N–H and O–H groups in total. The highest BCUT2D eigenvalue weighted by atomic mass is 32.1. The first kappa shape index (κ1) is 10.9. The van der Waals surface area contributed by atoms with E-state index in [1.807, 2.05) is 34.5 Å². The zero-order valence-electron chi connectivity index (χ0n) is 9.29. The third-order valence-electron chi connectivity index (χ3n) is 2.12. The van der Waals surface area contributed by atoms with E-state index in [0.29, 0.717) is 11.2 Å². The lowest BCUT2D eigenvalue weighted by Gasteiger charge is -2.02. The van der Waals surface area contributed by atoms with Gasteiger partial charge in [-0.2, -0.15) is 5.10 Å². The van der Waals surface area contributed by atoms with Crippen LogP contribution in [0.15, 0.2) is 17.6 Å². The van der Waals surface area contributed by atoms with Crippen molar-refractivity contribution in [3.8, 4) is 0 Å². The van der Waals surface area contributed by atoms with Crippen LogP contribution in [-0.2, 0) is 0 Å². The number of nitrogens with zero attached hydrogens (tertiary/aromatic N) is 3. The van der Waals surface area contributed by atoms with Crippen molar-refractivity contribution in [2.24, 2.45) is 0 Å². The van der Waals surface area contributed by atoms with Crippen LogP contribution >= 0.6 is 11.3 Å². The smallest absolute Gasteiger partial charge is 0.180 e. The fourth-order valence-corrected chi connectivity index (χ4v) is 1.81. The van der Waals surface area contributed by atoms with Crippen LogP contribution in [0.5, 0.6) is 0 Å². The van der Waals surface area contributed by atoms with Gasteiger partial charge in [0.2, 0.25) is 0 Å². The minimum absolute atomic E-state index is 0.386. The van der Waals surface area contributed by atoms with E-state index < -0.39 is 0 Å². The highest BCUT2D eigenvalue weighted by molar-refractivity contribution is 7.13. The van der Waals surface area contributed by atoms with Crippen LogP contribution in [0.25, 0.3) is 12.2 Å². The second-order valence-corrected chi connectivity index (χ2v) is 4.65. The van der Waals surface area contributed by atoms with Crippen molar-refractivity contribution in [1.29, 1.82) is 0 Å². The van der Waals surface area contributed by atoms with Crippen molar-refractivity contribution in [1.82, 2.24) is 14.8 Å². The lowest BCUT2D eigenvalue weighted by atomic mass is 10.3. The molecule has 0 spiro atoms. The van der Waals surface area contributed by atoms with E-state index >= 15 is 0 Å². The molecule has 0 amide bonds. The average Bonchev–Trinajstić information content (AvgIpc) is 2.83. The summed E-state index contributed by atoms with van der Waals surface area (Å²) in [6.07, 6.45) is 5.83. The Hall–Kier alpha value is -1.62. The molecule has 0 aliphatic carbocycles. The van der Waals surface area contributed by atoms with Crippen LogP contribution in [0, 0.1) is 0 Å². The monoisotopic (exact) mass is 234 g/mol. The van der Waals surface area contributed by atoms with Crippen LogP contribution in [0.1, 0.15) is 31.3 Å². The molecule has 0 aliphatic rings. The molecule has 2 aromatic heterocycles. The van der Waals surface area contributed by atoms with E-state index in [-0.39, 0.29) is 0 Å². The number of hydrogen-bond donors (Lipinski definition) is 1. The molecule has 2 heterocycles. The number of rotatable bonds is 3. The standard InChI is InChI=1S/C11H14N4S/c1-8(2)15-6-5-9(14-15)3-4-10-7-16-11(12)13-10/h3-8H,1-2H3,(H2,12,13)/b4-3+. The number of anilines is 1. The van der Waals surface area contributed by atoms with Gasteiger partial charge in [-0.1, -0.05) is 0 Å². The fourth-order valence-electron chi connectivity index (χ4n) is 1.28. The number of hydrogen-bond acceptors (Lipinski definition) is 4. The van der Waals surface area contributed by atoms with E-state index in [2.05, 4.69) is 23.9 Å². The Bertz CT molecular complexity index is 496. The Kier molecular flexibility index (Phi) is 3.05. The molecule has 2 rings (SSSR count). The second kappa shape index (κ2) is 4.49. The zero-order chi connectivity index (χ0) is 11.5. The Morgan fingerprint density at radius 1 is 1.38 bits per heavy atom. The third-order valence-corrected chi connectivity index (χ3v) is 2.81. The summed E-state index contributed by atoms with van der Waals surface area (Å²) >= 11 is 1.44. The van der Waals surface area contributed by atoms with Gasteiger partial charge in [0.15, 0.2) is 5.13 Å². The average molecular weight is 234 g/mol. The van der Waals surface area contributed by atoms with Crippen LogP contribution in [0.4, 0.5) is 5.13 Å². The topological polar surface area (TPSA) is 56.7 Å². The molecule has 0 fully saturated rings. The van der Waals surface area contributed by atoms with Crippen LogP contribution in [0.2, 0.25) is 0 Å². The van der Waals surface area contributed by atoms with Gasteiger partial charge in [-0.3, -0.25) is 4.68 Å². The molecule has 0 aromatic carbocycles. The molecule has 0 aliphatic heterocycles. The third kappa shape index (κ3) is 2.49. The van der Waals surface area contributed by atoms with Gasteiger partial charge in [0.1, 0.15) is 0 Å². The summed E-state index contributed by atoms with van der Waals surface area (Å²) in [5, 5.41) is 6.92. The first-order valence-electron chi connectivity index (χ1n) is 5.09. The molecule has 5 heteroatoms. The van der Waals surface area contributed by atoms with E-state index in [1.165, 1.54) is 11.3 Å². The normalized spacial score (nSPS) is 11.7. The summed E-state index contributed by atoms with van der Waals surface area (Å²) in [7, 11) is 0. The SMILES string of the molecule is CC(C)n1ccc(/C=C/c2csc(N)n2)n1. The lowest BCUT2D eigenvalue weighted by molar-refractivity contribution is 0.531. The molecule has 0 unspecified atom stereocenters. The van der Waals surface area contributed by atoms with E-state index in [9.17, 15) is 0 Å². The van der Waals surface area contributed by atoms with E-state index in [1.54, 1.807) is 0 Å². The van der Waals surface area contributed by atoms with Crippen LogP contribution in [0.3, 0.4) is 0 Å². The summed E-state index contributed by atoms with van der Waals surface area (Å²) in [6, 6.07) is 2.36. The predicted octanol–water partition coefficient (Wildman–Crippen LogP) is 2.67. The maximum Gasteiger partial charge on any atom is 0.180 e. The molecular formula is C11H14N4S. The maximum atomic E-state index is 5.55. The highest BCUT2D eigenvalue weighted by Gasteiger charge is 1.99. The van der Waals surface area contributed by atoms with Gasteiger partial charge in [-0.15, -0.1) is 11.3 Å². The largest absolute Gasteiger partial charge is 0.375 e. The Morgan fingerprint density at radius 2 is 2.12 bits per heavy atom. The van der Waals surface area contributed by atoms with Crippen molar-refractivity contribution in [3.05, 3.63) is 29.0 Å². The van der Waals surface area contributed by atoms with Gasteiger partial charge in [-0.25, -0.2) is 4.98 Å². The number of aromatic nitrogens is 3. The Morgan fingerprint density at radius 3 is 2.69 bits per heavy atom. The molecule has 0 bridgehead atoms. The first-order valence-corrected chi connectivity index (χ1v) is 5.97. The minimum atomic E-state index is 0.386. The molecule has 0 radical (unpaired) electrons. The lowest BCUT2D eigenvalue weighted by Crippen LogP contribution is -2.00. The molecule has 0 saturated carbocycles. The molecule has 0 saturated heterocycles. The minimum Gasteiger partial charge on any atom is -0.375 e. The van der Waals surface area contributed by atoms with E-state index in [4.69, 9.17) is 5.73 Å². The molecule has 4 nitrogen and oxygen atoms in total. The van der Waals surface area contributed by atoms with Crippen LogP contribution < -0.4 is 5.73 Å². The van der Waals surface area contributed by atoms with Crippen molar-refractivity contribution >= 4 is 28.6 Å². The van der Waals surface area contributed by atoms with Crippen molar-refractivity contribution in [3.63, 3.8) is 0 Å². The van der Waals surface area contributed by atoms with Gasteiger partial charge in [-0.05, 0) is 32.1 Å². The van der Waals surface area contributed by atoms with Crippen molar-refractivity contribution in [2.45, 2.75) is 19.9 Å². The zero-order valence-corrected chi connectivity index (χ0v) is 10.1. The van der Waals surface area contributed by atoms with Gasteiger partial charge in [0.05, 0.1) is 11.4 Å². The molecular weight excluding hydrogens is 220 g/mol. The quantitative estimate of drug-likeness (QED) is 0.888. The van der Waals surface area contributed by atoms with Gasteiger partial charge >= 0.3 is 0 Å². The summed E-state index contributed by atoms with van der Waals surface area (Å²) in [4.78, 5) is 4.14. The molecule has 2 aromatic rings. The summed E-state index contributed by atoms with van der Waals surface area (Å²) in [5.74, 6) is 0. The van der Waals surface area contributed by atoms with Gasteiger partial charge in [0, 0.05) is 17.6 Å². The van der Waals surface area contributed by atoms with Gasteiger partial charge in [0.25, 0.3) is 0 Å². The molecule has 16 heavy (non-hydrogen) atoms. The molecule has 0 atom stereocenters. The van der Waals surface area contributed by atoms with E-state index in [0.717, 1.165) is 11.4 Å². The summed E-state index contributed by atoms with van der Waals surface area (Å²) in [6.45, 7) is 4.20. The van der Waals surface area contributed by atoms with Crippen LogP contribution in [-0.4, -0.2) is 14.8 Å². The molecule has 84 valence electrons. The van der Waals surface area contributed by atoms with Crippen molar-refractivity contribution in [2.75, 3.05) is 5.73 Å². The Balaban J connectivity index is 2.11. The number of nitrogens with two attached hydrogens (primary N) is 1. The number of nitrogen functional groups attached to an aromatic ring is 1. The van der Waals surface area contributed by atoms with Gasteiger partial charge < -0.3 is 5.73 Å². The number of thiazole rings is 1. The Labute approximate surface area is 98.4 Å². The highest BCUT2D eigenvalue weighted by Crippen LogP contribution is 2.14. The first-order chi connectivity index (χ1) is 7.65.